The van der Waals surface area contributed by atoms with E-state index in [1.165, 1.54) is 19.1 Å². The summed E-state index contributed by atoms with van der Waals surface area (Å²) in [4.78, 5) is 55.7. The molecular formula is C29H42N4O7. The van der Waals surface area contributed by atoms with Crippen molar-refractivity contribution < 1.29 is 33.8 Å². The lowest BCUT2D eigenvalue weighted by atomic mass is 9.69. The Hall–Kier alpha value is -3.02. The van der Waals surface area contributed by atoms with E-state index in [4.69, 9.17) is 15.2 Å². The summed E-state index contributed by atoms with van der Waals surface area (Å²) in [7, 11) is 0. The first-order chi connectivity index (χ1) is 19.0. The van der Waals surface area contributed by atoms with Gasteiger partial charge in [0.25, 0.3) is 0 Å². The maximum Gasteiger partial charge on any atom is 0.244 e. The molecule has 4 atom stereocenters. The number of ketones is 1. The van der Waals surface area contributed by atoms with Crippen LogP contribution in [0.5, 0.6) is 5.75 Å². The quantitative estimate of drug-likeness (QED) is 0.257. The average Bonchev–Trinajstić information content (AvgIpc) is 3.46. The molecular weight excluding hydrogens is 516 g/mol. The van der Waals surface area contributed by atoms with E-state index >= 15 is 0 Å². The molecule has 11 heteroatoms. The van der Waals surface area contributed by atoms with E-state index in [2.05, 4.69) is 10.6 Å². The number of carbonyl (C=O) groups is 4. The second kappa shape index (κ2) is 12.7. The predicted octanol–water partition coefficient (Wildman–Crippen LogP) is 0.666. The summed E-state index contributed by atoms with van der Waals surface area (Å²) in [6.45, 7) is 5.92. The number of carbonyl (C=O) groups excluding carboxylic acids is 4. The van der Waals surface area contributed by atoms with Crippen LogP contribution in [0.15, 0.2) is 24.3 Å². The van der Waals surface area contributed by atoms with Gasteiger partial charge in [-0.3, -0.25) is 24.1 Å². The number of amides is 3. The summed E-state index contributed by atoms with van der Waals surface area (Å²) >= 11 is 0. The fraction of sp³-hybridized carbons (Fsp3) is 0.655. The molecule has 220 valence electrons. The second-order valence-electron chi connectivity index (χ2n) is 11.7. The highest BCUT2D eigenvalue weighted by Gasteiger charge is 2.58. The molecule has 2 aliphatic heterocycles. The van der Waals surface area contributed by atoms with E-state index < -0.39 is 34.9 Å². The van der Waals surface area contributed by atoms with Crippen LogP contribution in [-0.2, 0) is 35.1 Å². The number of aromatic hydroxyl groups is 1. The van der Waals surface area contributed by atoms with Crippen molar-refractivity contribution in [1.82, 2.24) is 15.5 Å². The number of ether oxygens (including phenoxy) is 2. The molecule has 1 aromatic carbocycles. The van der Waals surface area contributed by atoms with Crippen molar-refractivity contribution in [2.24, 2.45) is 17.6 Å². The number of hydrogen-bond acceptors (Lipinski definition) is 8. The molecule has 0 radical (unpaired) electrons. The molecule has 3 amide bonds. The first kappa shape index (κ1) is 30.0. The minimum atomic E-state index is -1.77. The van der Waals surface area contributed by atoms with Crippen molar-refractivity contribution in [3.8, 4) is 5.75 Å². The summed E-state index contributed by atoms with van der Waals surface area (Å²) in [5, 5.41) is 15.4. The molecule has 2 heterocycles. The van der Waals surface area contributed by atoms with Crippen molar-refractivity contribution in [2.75, 3.05) is 39.5 Å². The number of phenols is 1. The largest absolute Gasteiger partial charge is 0.508 e. The van der Waals surface area contributed by atoms with Crippen LogP contribution in [0, 0.1) is 11.8 Å². The number of epoxide rings is 1. The second-order valence-corrected chi connectivity index (χ2v) is 11.7. The number of morpholine rings is 1. The van der Waals surface area contributed by atoms with Gasteiger partial charge in [0.1, 0.15) is 22.9 Å². The molecule has 3 fully saturated rings. The van der Waals surface area contributed by atoms with Crippen molar-refractivity contribution in [1.29, 1.82) is 0 Å². The molecule has 5 N–H and O–H groups in total. The monoisotopic (exact) mass is 558 g/mol. The van der Waals surface area contributed by atoms with Crippen LogP contribution in [0.4, 0.5) is 0 Å². The SMILES string of the molecule is C[C@H](NC(=O)CN1CCOCC1)C(=O)NC(Cc1ccc(O)cc1)(C(N)=O)[C@H](CC1CCCC1)C(=O)[C@@]1(C)CO1. The number of primary amides is 1. The van der Waals surface area contributed by atoms with Gasteiger partial charge in [-0.1, -0.05) is 37.8 Å². The number of nitrogens with two attached hydrogens (primary N) is 1. The van der Waals surface area contributed by atoms with Gasteiger partial charge in [0, 0.05) is 19.5 Å². The summed E-state index contributed by atoms with van der Waals surface area (Å²) in [6.07, 6.45) is 4.27. The Morgan fingerprint density at radius 3 is 2.35 bits per heavy atom. The van der Waals surface area contributed by atoms with E-state index in [1.54, 1.807) is 19.1 Å². The number of rotatable bonds is 13. The maximum atomic E-state index is 14.0. The van der Waals surface area contributed by atoms with Crippen LogP contribution in [0.3, 0.4) is 0 Å². The molecule has 1 saturated carbocycles. The lowest BCUT2D eigenvalue weighted by Gasteiger charge is -2.40. The summed E-state index contributed by atoms with van der Waals surface area (Å²) in [6, 6.07) is 5.26. The topological polar surface area (TPSA) is 164 Å². The van der Waals surface area contributed by atoms with Crippen molar-refractivity contribution in [3.05, 3.63) is 29.8 Å². The van der Waals surface area contributed by atoms with Crippen molar-refractivity contribution in [3.63, 3.8) is 0 Å². The van der Waals surface area contributed by atoms with Gasteiger partial charge in [-0.15, -0.1) is 0 Å². The lowest BCUT2D eigenvalue weighted by Crippen LogP contribution is -2.68. The number of nitrogens with zero attached hydrogens (tertiary/aromatic N) is 1. The zero-order chi connectivity index (χ0) is 28.9. The average molecular weight is 559 g/mol. The molecule has 3 aliphatic rings. The molecule has 4 rings (SSSR count). The minimum Gasteiger partial charge on any atom is -0.508 e. The van der Waals surface area contributed by atoms with Gasteiger partial charge < -0.3 is 30.9 Å². The molecule has 1 aliphatic carbocycles. The Morgan fingerprint density at radius 2 is 1.77 bits per heavy atom. The van der Waals surface area contributed by atoms with Gasteiger partial charge in [-0.05, 0) is 43.9 Å². The van der Waals surface area contributed by atoms with Gasteiger partial charge >= 0.3 is 0 Å². The summed E-state index contributed by atoms with van der Waals surface area (Å²) < 4.78 is 10.8. The normalized spacial score (nSPS) is 24.4. The Bertz CT molecular complexity index is 1080. The van der Waals surface area contributed by atoms with Crippen molar-refractivity contribution in [2.45, 2.75) is 69.6 Å². The third kappa shape index (κ3) is 7.18. The standard InChI is InChI=1S/C29H42N4O7/c1-19(31-24(35)17-33-11-13-39-14-12-33)26(37)32-29(27(30)38,16-21-7-9-22(34)10-8-21)23(15-20-5-3-4-6-20)25(36)28(2)18-40-28/h7-10,19-20,23,34H,3-6,11-18H2,1-2H3,(H2,30,38)(H,31,35)(H,32,37)/t19-,23+,28+,29?/m0/s1. The molecule has 0 bridgehead atoms. The number of benzene rings is 1. The first-order valence-corrected chi connectivity index (χ1v) is 14.2. The van der Waals surface area contributed by atoms with Crippen LogP contribution in [0.1, 0.15) is 51.5 Å². The Balaban J connectivity index is 1.61. The molecule has 0 spiro atoms. The Labute approximate surface area is 235 Å². The summed E-state index contributed by atoms with van der Waals surface area (Å²) in [5.41, 5.74) is 3.90. The Kier molecular flexibility index (Phi) is 9.48. The first-order valence-electron chi connectivity index (χ1n) is 14.2. The zero-order valence-corrected chi connectivity index (χ0v) is 23.4. The van der Waals surface area contributed by atoms with Gasteiger partial charge in [-0.2, -0.15) is 0 Å². The zero-order valence-electron chi connectivity index (χ0n) is 23.4. The maximum absolute atomic E-state index is 14.0. The van der Waals surface area contributed by atoms with Gasteiger partial charge in [0.15, 0.2) is 5.78 Å². The third-order valence-electron chi connectivity index (χ3n) is 8.50. The van der Waals surface area contributed by atoms with Crippen LogP contribution in [-0.4, -0.2) is 90.1 Å². The van der Waals surface area contributed by atoms with Gasteiger partial charge in [-0.25, -0.2) is 0 Å². The van der Waals surface area contributed by atoms with Crippen molar-refractivity contribution >= 4 is 23.5 Å². The molecule has 1 aromatic rings. The van der Waals surface area contributed by atoms with Crippen LogP contribution in [0.25, 0.3) is 0 Å². The van der Waals surface area contributed by atoms with Gasteiger partial charge in [0.2, 0.25) is 17.7 Å². The fourth-order valence-corrected chi connectivity index (χ4v) is 5.88. The van der Waals surface area contributed by atoms with E-state index in [-0.39, 0.29) is 42.9 Å². The van der Waals surface area contributed by atoms with Crippen LogP contribution in [0.2, 0.25) is 0 Å². The van der Waals surface area contributed by atoms with Crippen LogP contribution < -0.4 is 16.4 Å². The van der Waals surface area contributed by atoms with E-state index in [9.17, 15) is 24.3 Å². The lowest BCUT2D eigenvalue weighted by molar-refractivity contribution is -0.142. The highest BCUT2D eigenvalue weighted by Crippen LogP contribution is 2.41. The highest BCUT2D eigenvalue weighted by molar-refractivity contribution is 6.01. The van der Waals surface area contributed by atoms with Gasteiger partial charge in [0.05, 0.1) is 32.3 Å². The third-order valence-corrected chi connectivity index (χ3v) is 8.50. The van der Waals surface area contributed by atoms with E-state index in [0.29, 0.717) is 38.3 Å². The molecule has 2 saturated heterocycles. The molecule has 0 aromatic heterocycles. The Morgan fingerprint density at radius 1 is 1.15 bits per heavy atom. The number of phenolic OH excluding ortho intramolecular Hbond substituents is 1. The van der Waals surface area contributed by atoms with Crippen LogP contribution >= 0.6 is 0 Å². The molecule has 1 unspecified atom stereocenters. The smallest absolute Gasteiger partial charge is 0.244 e. The molecule has 40 heavy (non-hydrogen) atoms. The number of hydrogen-bond donors (Lipinski definition) is 4. The number of Topliss-reactive ketones (excluding diaryl/α,β-unsaturated/α-hetero) is 1. The number of nitrogens with one attached hydrogen (secondary N) is 2. The predicted molar refractivity (Wildman–Crippen MR) is 146 cm³/mol. The van der Waals surface area contributed by atoms with E-state index in [0.717, 1.165) is 25.7 Å². The van der Waals surface area contributed by atoms with E-state index in [1.807, 2.05) is 4.90 Å². The highest BCUT2D eigenvalue weighted by atomic mass is 16.6. The molecule has 11 nitrogen and oxygen atoms in total. The minimum absolute atomic E-state index is 0.0477. The fourth-order valence-electron chi connectivity index (χ4n) is 5.88. The summed E-state index contributed by atoms with van der Waals surface area (Å²) in [5.74, 6) is -2.72.